The smallest absolute Gasteiger partial charge is 0.188 e. The SMILES string of the molecule is Cc1cc(C)nc(SC2CCCCC2S(=O)(=O)c2ccc(C(C)(C)C)cc2)n1. The van der Waals surface area contributed by atoms with E-state index in [4.69, 9.17) is 0 Å². The third-order valence-corrected chi connectivity index (χ3v) is 9.03. The Bertz CT molecular complexity index is 912. The van der Waals surface area contributed by atoms with Crippen LogP contribution in [0.25, 0.3) is 0 Å². The van der Waals surface area contributed by atoms with E-state index < -0.39 is 15.1 Å². The van der Waals surface area contributed by atoms with Gasteiger partial charge in [-0.2, -0.15) is 0 Å². The lowest BCUT2D eigenvalue weighted by Crippen LogP contribution is -2.35. The molecule has 28 heavy (non-hydrogen) atoms. The van der Waals surface area contributed by atoms with Crippen molar-refractivity contribution >= 4 is 21.6 Å². The summed E-state index contributed by atoms with van der Waals surface area (Å²) in [7, 11) is -3.39. The van der Waals surface area contributed by atoms with Crippen LogP contribution in [-0.4, -0.2) is 28.9 Å². The number of sulfone groups is 1. The van der Waals surface area contributed by atoms with Crippen molar-refractivity contribution < 1.29 is 8.42 Å². The molecule has 6 heteroatoms. The van der Waals surface area contributed by atoms with E-state index in [0.717, 1.165) is 36.2 Å². The molecule has 1 saturated carbocycles. The molecule has 0 radical (unpaired) electrons. The highest BCUT2D eigenvalue weighted by atomic mass is 32.2. The first-order valence-corrected chi connectivity index (χ1v) is 12.3. The summed E-state index contributed by atoms with van der Waals surface area (Å²) in [4.78, 5) is 9.46. The number of aromatic nitrogens is 2. The van der Waals surface area contributed by atoms with Gasteiger partial charge in [-0.05, 0) is 55.9 Å². The Labute approximate surface area is 173 Å². The summed E-state index contributed by atoms with van der Waals surface area (Å²) in [5.74, 6) is 0. The minimum absolute atomic E-state index is 0.00584. The fourth-order valence-electron chi connectivity index (χ4n) is 3.75. The van der Waals surface area contributed by atoms with Crippen LogP contribution in [-0.2, 0) is 15.3 Å². The second kappa shape index (κ2) is 8.15. The molecule has 0 bridgehead atoms. The molecular weight excluding hydrogens is 388 g/mol. The molecule has 152 valence electrons. The van der Waals surface area contributed by atoms with Crippen LogP contribution in [0.1, 0.15) is 63.4 Å². The highest BCUT2D eigenvalue weighted by molar-refractivity contribution is 8.01. The van der Waals surface area contributed by atoms with Crippen LogP contribution < -0.4 is 0 Å². The molecule has 1 aromatic carbocycles. The lowest BCUT2D eigenvalue weighted by atomic mass is 9.87. The van der Waals surface area contributed by atoms with E-state index in [9.17, 15) is 8.42 Å². The third-order valence-electron chi connectivity index (χ3n) is 5.31. The molecule has 2 unspecified atom stereocenters. The van der Waals surface area contributed by atoms with E-state index in [1.807, 2.05) is 32.0 Å². The molecule has 1 aliphatic carbocycles. The Morgan fingerprint density at radius 2 is 1.54 bits per heavy atom. The third kappa shape index (κ3) is 4.77. The summed E-state index contributed by atoms with van der Waals surface area (Å²) >= 11 is 1.53. The molecular formula is C22H30N2O2S2. The van der Waals surface area contributed by atoms with Crippen LogP contribution in [0.5, 0.6) is 0 Å². The Hall–Kier alpha value is -1.40. The molecule has 3 rings (SSSR count). The average molecular weight is 419 g/mol. The number of aryl methyl sites for hydroxylation is 2. The molecule has 2 aromatic rings. The van der Waals surface area contributed by atoms with Crippen molar-refractivity contribution in [2.24, 2.45) is 0 Å². The number of nitrogens with zero attached hydrogens (tertiary/aromatic N) is 2. The van der Waals surface area contributed by atoms with Crippen molar-refractivity contribution in [3.8, 4) is 0 Å². The van der Waals surface area contributed by atoms with Gasteiger partial charge in [-0.3, -0.25) is 0 Å². The fraction of sp³-hybridized carbons (Fsp3) is 0.545. The van der Waals surface area contributed by atoms with Gasteiger partial charge in [-0.15, -0.1) is 0 Å². The fourth-order valence-corrected chi connectivity index (χ4v) is 7.47. The van der Waals surface area contributed by atoms with Gasteiger partial charge in [0.05, 0.1) is 10.1 Å². The Kier molecular flexibility index (Phi) is 6.20. The number of thioether (sulfide) groups is 1. The van der Waals surface area contributed by atoms with Gasteiger partial charge < -0.3 is 0 Å². The summed E-state index contributed by atoms with van der Waals surface area (Å²) in [6, 6.07) is 9.39. The van der Waals surface area contributed by atoms with Gasteiger partial charge in [0.2, 0.25) is 0 Å². The second-order valence-electron chi connectivity index (χ2n) is 8.73. The molecule has 1 heterocycles. The number of benzene rings is 1. The predicted molar refractivity (Wildman–Crippen MR) is 116 cm³/mol. The minimum atomic E-state index is -3.39. The van der Waals surface area contributed by atoms with Crippen LogP contribution in [0.4, 0.5) is 0 Å². The van der Waals surface area contributed by atoms with Crippen LogP contribution in [0.15, 0.2) is 40.4 Å². The summed E-state index contributed by atoms with van der Waals surface area (Å²) in [5.41, 5.74) is 2.99. The summed E-state index contributed by atoms with van der Waals surface area (Å²) in [5, 5.41) is 0.283. The molecule has 0 aliphatic heterocycles. The van der Waals surface area contributed by atoms with Gasteiger partial charge in [0, 0.05) is 16.6 Å². The number of rotatable bonds is 4. The highest BCUT2D eigenvalue weighted by Crippen LogP contribution is 2.38. The van der Waals surface area contributed by atoms with Gasteiger partial charge in [-0.25, -0.2) is 18.4 Å². The summed E-state index contributed by atoms with van der Waals surface area (Å²) < 4.78 is 26.9. The van der Waals surface area contributed by atoms with Gasteiger partial charge in [0.1, 0.15) is 0 Å². The Morgan fingerprint density at radius 3 is 2.11 bits per heavy atom. The molecule has 2 atom stereocenters. The monoisotopic (exact) mass is 418 g/mol. The van der Waals surface area contributed by atoms with Crippen molar-refractivity contribution in [2.75, 3.05) is 0 Å². The lowest BCUT2D eigenvalue weighted by molar-refractivity contribution is 0.492. The van der Waals surface area contributed by atoms with Crippen molar-refractivity contribution in [3.05, 3.63) is 47.3 Å². The van der Waals surface area contributed by atoms with E-state index in [2.05, 4.69) is 30.7 Å². The van der Waals surface area contributed by atoms with Crippen molar-refractivity contribution in [3.63, 3.8) is 0 Å². The largest absolute Gasteiger partial charge is 0.228 e. The van der Waals surface area contributed by atoms with E-state index in [0.29, 0.717) is 16.5 Å². The first-order valence-electron chi connectivity index (χ1n) is 9.91. The summed E-state index contributed by atoms with van der Waals surface area (Å²) in [6.45, 7) is 10.3. The van der Waals surface area contributed by atoms with Crippen LogP contribution >= 0.6 is 11.8 Å². The molecule has 1 aliphatic rings. The van der Waals surface area contributed by atoms with Crippen molar-refractivity contribution in [2.45, 2.75) is 86.3 Å². The van der Waals surface area contributed by atoms with E-state index >= 15 is 0 Å². The number of hydrogen-bond donors (Lipinski definition) is 0. The molecule has 0 saturated heterocycles. The van der Waals surface area contributed by atoms with Crippen molar-refractivity contribution in [1.82, 2.24) is 9.97 Å². The topological polar surface area (TPSA) is 59.9 Å². The van der Waals surface area contributed by atoms with Gasteiger partial charge >= 0.3 is 0 Å². The zero-order valence-corrected chi connectivity index (χ0v) is 19.0. The zero-order chi connectivity index (χ0) is 20.5. The molecule has 1 aromatic heterocycles. The lowest BCUT2D eigenvalue weighted by Gasteiger charge is -2.30. The van der Waals surface area contributed by atoms with Gasteiger partial charge in [0.15, 0.2) is 15.0 Å². The highest BCUT2D eigenvalue weighted by Gasteiger charge is 2.37. The predicted octanol–water partition coefficient (Wildman–Crippen LogP) is 5.27. The maximum Gasteiger partial charge on any atom is 0.188 e. The standard InChI is InChI=1S/C22H30N2O2S2/c1-15-14-16(2)24-21(23-15)27-19-8-6-7-9-20(19)28(25,26)18-12-10-17(11-13-18)22(3,4)5/h10-14,19-20H,6-9H2,1-5H3. The first-order chi connectivity index (χ1) is 13.1. The molecule has 4 nitrogen and oxygen atoms in total. The summed E-state index contributed by atoms with van der Waals surface area (Å²) in [6.07, 6.45) is 3.59. The van der Waals surface area contributed by atoms with E-state index in [1.54, 1.807) is 12.1 Å². The molecule has 0 amide bonds. The molecule has 0 spiro atoms. The van der Waals surface area contributed by atoms with Crippen LogP contribution in [0.3, 0.4) is 0 Å². The minimum Gasteiger partial charge on any atom is -0.228 e. The maximum absolute atomic E-state index is 13.4. The molecule has 1 fully saturated rings. The molecule has 0 N–H and O–H groups in total. The number of hydrogen-bond acceptors (Lipinski definition) is 5. The van der Waals surface area contributed by atoms with E-state index in [-0.39, 0.29) is 10.7 Å². The zero-order valence-electron chi connectivity index (χ0n) is 17.4. The van der Waals surface area contributed by atoms with Crippen LogP contribution in [0.2, 0.25) is 0 Å². The van der Waals surface area contributed by atoms with Crippen molar-refractivity contribution in [1.29, 1.82) is 0 Å². The average Bonchev–Trinajstić information content (AvgIpc) is 2.60. The van der Waals surface area contributed by atoms with Gasteiger partial charge in [-0.1, -0.05) is 57.5 Å². The maximum atomic E-state index is 13.4. The first kappa shape index (κ1) is 21.3. The van der Waals surface area contributed by atoms with E-state index in [1.165, 1.54) is 11.8 Å². The van der Waals surface area contributed by atoms with Crippen LogP contribution in [0, 0.1) is 13.8 Å². The van der Waals surface area contributed by atoms with Gasteiger partial charge in [0.25, 0.3) is 0 Å². The normalized spacial score (nSPS) is 20.9. The Morgan fingerprint density at radius 1 is 0.964 bits per heavy atom. The Balaban J connectivity index is 1.87. The second-order valence-corrected chi connectivity index (χ2v) is 12.1. The quantitative estimate of drug-likeness (QED) is 0.633.